The first-order valence-corrected chi connectivity index (χ1v) is 6.89. The molecule has 2 nitrogen and oxygen atoms in total. The van der Waals surface area contributed by atoms with E-state index >= 15 is 0 Å². The Morgan fingerprint density at radius 1 is 0.550 bits per heavy atom. The Morgan fingerprint density at radius 3 is 1.05 bits per heavy atom. The summed E-state index contributed by atoms with van der Waals surface area (Å²) in [6.45, 7) is 0. The highest BCUT2D eigenvalue weighted by atomic mass is 35.5. The summed E-state index contributed by atoms with van der Waals surface area (Å²) in [6.07, 6.45) is 0. The van der Waals surface area contributed by atoms with Gasteiger partial charge in [-0.1, -0.05) is 46.4 Å². The van der Waals surface area contributed by atoms with Crippen LogP contribution in [0.4, 0.5) is 0 Å². The van der Waals surface area contributed by atoms with Gasteiger partial charge in [0.2, 0.25) is 11.6 Å². The fraction of sp³-hybridized carbons (Fsp3) is 0. The molecule has 2 aromatic rings. The van der Waals surface area contributed by atoms with Crippen LogP contribution < -0.4 is 0 Å². The maximum absolute atomic E-state index is 12.1. The number of carbonyl (C=O) groups excluding carboxylic acids is 2. The van der Waals surface area contributed by atoms with Gasteiger partial charge in [-0.25, -0.2) is 0 Å². The summed E-state index contributed by atoms with van der Waals surface area (Å²) in [5.41, 5.74) is 0.229. The molecule has 0 saturated heterocycles. The van der Waals surface area contributed by atoms with Gasteiger partial charge in [0, 0.05) is 31.2 Å². The van der Waals surface area contributed by atoms with E-state index in [0.29, 0.717) is 0 Å². The first kappa shape index (κ1) is 15.3. The summed E-state index contributed by atoms with van der Waals surface area (Å²) >= 11 is 23.2. The number of benzene rings is 2. The maximum Gasteiger partial charge on any atom is 0.233 e. The lowest BCUT2D eigenvalue weighted by atomic mass is 10.0. The second kappa shape index (κ2) is 6.15. The van der Waals surface area contributed by atoms with Crippen molar-refractivity contribution in [2.45, 2.75) is 0 Å². The molecular formula is C14H6Cl4O2. The minimum Gasteiger partial charge on any atom is -0.285 e. The minimum absolute atomic E-state index is 0.114. The summed E-state index contributed by atoms with van der Waals surface area (Å²) < 4.78 is 0. The van der Waals surface area contributed by atoms with Gasteiger partial charge in [0.1, 0.15) is 0 Å². The van der Waals surface area contributed by atoms with E-state index in [1.54, 1.807) is 0 Å². The van der Waals surface area contributed by atoms with Crippen LogP contribution in [0.2, 0.25) is 20.1 Å². The third kappa shape index (κ3) is 3.53. The number of hydrogen-bond donors (Lipinski definition) is 0. The van der Waals surface area contributed by atoms with E-state index in [0.717, 1.165) is 0 Å². The molecule has 6 heteroatoms. The maximum atomic E-state index is 12.1. The Kier molecular flexibility index (Phi) is 4.71. The molecule has 0 heterocycles. The van der Waals surface area contributed by atoms with Gasteiger partial charge < -0.3 is 0 Å². The standard InChI is InChI=1S/C14H6Cl4O2/c15-9-1-7(2-10(16)5-9)13(19)14(20)8-3-11(17)6-12(18)4-8/h1-6H. The van der Waals surface area contributed by atoms with Gasteiger partial charge >= 0.3 is 0 Å². The van der Waals surface area contributed by atoms with Crippen LogP contribution in [0.1, 0.15) is 20.7 Å². The average Bonchev–Trinajstić information content (AvgIpc) is 2.34. The summed E-state index contributed by atoms with van der Waals surface area (Å²) in [5.74, 6) is -1.46. The predicted molar refractivity (Wildman–Crippen MR) is 81.6 cm³/mol. The lowest BCUT2D eigenvalue weighted by Gasteiger charge is -2.04. The van der Waals surface area contributed by atoms with E-state index < -0.39 is 11.6 Å². The Morgan fingerprint density at radius 2 is 0.800 bits per heavy atom. The van der Waals surface area contributed by atoms with Crippen molar-refractivity contribution in [3.05, 3.63) is 67.6 Å². The third-order valence-corrected chi connectivity index (χ3v) is 3.33. The molecule has 0 atom stereocenters. The Balaban J connectivity index is 2.39. The highest BCUT2D eigenvalue weighted by Crippen LogP contribution is 2.23. The molecule has 0 spiro atoms. The van der Waals surface area contributed by atoms with E-state index in [1.807, 2.05) is 0 Å². The topological polar surface area (TPSA) is 34.1 Å². The first-order valence-electron chi connectivity index (χ1n) is 5.38. The van der Waals surface area contributed by atoms with Crippen LogP contribution in [0.25, 0.3) is 0 Å². The van der Waals surface area contributed by atoms with E-state index in [2.05, 4.69) is 0 Å². The number of ketones is 2. The number of carbonyl (C=O) groups is 2. The molecule has 20 heavy (non-hydrogen) atoms. The summed E-state index contributed by atoms with van der Waals surface area (Å²) in [6, 6.07) is 8.44. The number of halogens is 4. The van der Waals surface area contributed by atoms with E-state index in [-0.39, 0.29) is 31.2 Å². The molecule has 2 aromatic carbocycles. The monoisotopic (exact) mass is 346 g/mol. The van der Waals surface area contributed by atoms with Gasteiger partial charge in [0.25, 0.3) is 0 Å². The molecule has 0 unspecified atom stereocenters. The molecule has 0 N–H and O–H groups in total. The normalized spacial score (nSPS) is 10.4. The fourth-order valence-electron chi connectivity index (χ4n) is 1.63. The van der Waals surface area contributed by atoms with Crippen molar-refractivity contribution in [2.75, 3.05) is 0 Å². The summed E-state index contributed by atoms with van der Waals surface area (Å²) in [7, 11) is 0. The molecule has 0 aliphatic carbocycles. The Bertz CT molecular complexity index is 608. The van der Waals surface area contributed by atoms with Gasteiger partial charge in [-0.2, -0.15) is 0 Å². The van der Waals surface area contributed by atoms with Crippen LogP contribution in [0.5, 0.6) is 0 Å². The highest BCUT2D eigenvalue weighted by Gasteiger charge is 2.20. The zero-order valence-corrected chi connectivity index (χ0v) is 12.8. The SMILES string of the molecule is O=C(C(=O)c1cc(Cl)cc(Cl)c1)c1cc(Cl)cc(Cl)c1. The second-order valence-electron chi connectivity index (χ2n) is 3.97. The van der Waals surface area contributed by atoms with Crippen LogP contribution in [-0.4, -0.2) is 11.6 Å². The van der Waals surface area contributed by atoms with E-state index in [1.165, 1.54) is 36.4 Å². The summed E-state index contributed by atoms with van der Waals surface area (Å²) in [4.78, 5) is 24.2. The molecular weight excluding hydrogens is 342 g/mol. The zero-order valence-electron chi connectivity index (χ0n) is 9.79. The van der Waals surface area contributed by atoms with Crippen molar-refractivity contribution in [1.82, 2.24) is 0 Å². The van der Waals surface area contributed by atoms with Crippen molar-refractivity contribution in [1.29, 1.82) is 0 Å². The van der Waals surface area contributed by atoms with Crippen molar-refractivity contribution in [2.24, 2.45) is 0 Å². The Labute approximate surface area is 135 Å². The highest BCUT2D eigenvalue weighted by molar-refractivity contribution is 6.50. The predicted octanol–water partition coefficient (Wildman–Crippen LogP) is 5.37. The van der Waals surface area contributed by atoms with Gasteiger partial charge in [-0.3, -0.25) is 9.59 Å². The molecule has 2 rings (SSSR count). The lowest BCUT2D eigenvalue weighted by Crippen LogP contribution is -2.14. The average molecular weight is 348 g/mol. The third-order valence-electron chi connectivity index (χ3n) is 2.46. The minimum atomic E-state index is -0.729. The van der Waals surface area contributed by atoms with Crippen LogP contribution in [0, 0.1) is 0 Å². The second-order valence-corrected chi connectivity index (χ2v) is 5.72. The van der Waals surface area contributed by atoms with Crippen LogP contribution in [-0.2, 0) is 0 Å². The zero-order chi connectivity index (χ0) is 14.9. The first-order chi connectivity index (χ1) is 9.36. The van der Waals surface area contributed by atoms with Gasteiger partial charge in [-0.05, 0) is 36.4 Å². The molecule has 0 fully saturated rings. The summed E-state index contributed by atoms with van der Waals surface area (Å²) in [5, 5.41) is 1.10. The van der Waals surface area contributed by atoms with Crippen molar-refractivity contribution in [3.8, 4) is 0 Å². The van der Waals surface area contributed by atoms with Crippen molar-refractivity contribution in [3.63, 3.8) is 0 Å². The molecule has 0 aliphatic rings. The number of Topliss-reactive ketones (excluding diaryl/α,β-unsaturated/α-hetero) is 2. The fourth-order valence-corrected chi connectivity index (χ4v) is 2.68. The molecule has 0 aliphatic heterocycles. The smallest absolute Gasteiger partial charge is 0.233 e. The lowest BCUT2D eigenvalue weighted by molar-refractivity contribution is 0.0817. The largest absolute Gasteiger partial charge is 0.285 e. The van der Waals surface area contributed by atoms with Crippen LogP contribution >= 0.6 is 46.4 Å². The molecule has 0 radical (unpaired) electrons. The molecule has 0 amide bonds. The van der Waals surface area contributed by atoms with Crippen LogP contribution in [0.15, 0.2) is 36.4 Å². The van der Waals surface area contributed by atoms with Gasteiger partial charge in [0.05, 0.1) is 0 Å². The molecule has 0 saturated carbocycles. The molecule has 0 bridgehead atoms. The quantitative estimate of drug-likeness (QED) is 0.552. The van der Waals surface area contributed by atoms with Crippen LogP contribution in [0.3, 0.4) is 0 Å². The molecule has 102 valence electrons. The number of hydrogen-bond acceptors (Lipinski definition) is 2. The van der Waals surface area contributed by atoms with E-state index in [4.69, 9.17) is 46.4 Å². The van der Waals surface area contributed by atoms with E-state index in [9.17, 15) is 9.59 Å². The molecule has 0 aromatic heterocycles. The van der Waals surface area contributed by atoms with Gasteiger partial charge in [0.15, 0.2) is 0 Å². The van der Waals surface area contributed by atoms with Gasteiger partial charge in [-0.15, -0.1) is 0 Å². The Hall–Kier alpha value is -1.06. The number of rotatable bonds is 3. The van der Waals surface area contributed by atoms with Crippen molar-refractivity contribution < 1.29 is 9.59 Å². The van der Waals surface area contributed by atoms with Crippen molar-refractivity contribution >= 4 is 58.0 Å².